The van der Waals surface area contributed by atoms with Gasteiger partial charge < -0.3 is 15.5 Å². The molecule has 0 saturated carbocycles. The molecular weight excluding hydrogens is 312 g/mol. The van der Waals surface area contributed by atoms with Crippen LogP contribution in [0, 0.1) is 25.7 Å². The molecule has 0 aromatic carbocycles. The second-order valence-corrected chi connectivity index (χ2v) is 7.68. The number of aromatic nitrogens is 2. The van der Waals surface area contributed by atoms with Gasteiger partial charge >= 0.3 is 0 Å². The molecule has 0 radical (unpaired) electrons. The van der Waals surface area contributed by atoms with Crippen LogP contribution in [0.25, 0.3) is 0 Å². The Kier molecular flexibility index (Phi) is 7.29. The normalized spacial score (nSPS) is 22.2. The summed E-state index contributed by atoms with van der Waals surface area (Å²) in [6.45, 7) is 14.3. The lowest BCUT2D eigenvalue weighted by molar-refractivity contribution is 0.140. The fourth-order valence-corrected chi connectivity index (χ4v) is 3.95. The monoisotopic (exact) mass is 348 g/mol. The molecule has 1 fully saturated rings. The van der Waals surface area contributed by atoms with Gasteiger partial charge in [-0.25, -0.2) is 0 Å². The van der Waals surface area contributed by atoms with E-state index in [4.69, 9.17) is 0 Å². The molecule has 1 aromatic rings. The minimum atomic E-state index is 0.756. The molecule has 2 rings (SSSR count). The molecule has 2 atom stereocenters. The van der Waals surface area contributed by atoms with Gasteiger partial charge in [0.25, 0.3) is 0 Å². The molecule has 142 valence electrons. The summed E-state index contributed by atoms with van der Waals surface area (Å²) in [6, 6.07) is 0. The van der Waals surface area contributed by atoms with Gasteiger partial charge in [0.15, 0.2) is 5.96 Å². The van der Waals surface area contributed by atoms with Crippen LogP contribution in [0.3, 0.4) is 0 Å². The van der Waals surface area contributed by atoms with Crippen LogP contribution in [-0.2, 0) is 13.6 Å². The molecule has 0 aliphatic carbocycles. The van der Waals surface area contributed by atoms with Crippen LogP contribution < -0.4 is 10.6 Å². The van der Waals surface area contributed by atoms with Crippen LogP contribution in [0.4, 0.5) is 0 Å². The summed E-state index contributed by atoms with van der Waals surface area (Å²) in [5, 5.41) is 11.3. The number of nitrogens with zero attached hydrogens (tertiary/aromatic N) is 4. The highest BCUT2D eigenvalue weighted by Crippen LogP contribution is 2.20. The first-order valence-electron chi connectivity index (χ1n) is 9.56. The molecule has 25 heavy (non-hydrogen) atoms. The summed E-state index contributed by atoms with van der Waals surface area (Å²) in [7, 11) is 3.81. The summed E-state index contributed by atoms with van der Waals surface area (Å²) in [5.41, 5.74) is 3.53. The van der Waals surface area contributed by atoms with Crippen LogP contribution in [0.15, 0.2) is 4.99 Å². The lowest BCUT2D eigenvalue weighted by Crippen LogP contribution is -2.41. The molecule has 0 spiro atoms. The first-order chi connectivity index (χ1) is 11.9. The smallest absolute Gasteiger partial charge is 0.191 e. The van der Waals surface area contributed by atoms with Crippen molar-refractivity contribution in [1.82, 2.24) is 25.3 Å². The van der Waals surface area contributed by atoms with Crippen molar-refractivity contribution in [2.24, 2.45) is 23.9 Å². The van der Waals surface area contributed by atoms with Crippen molar-refractivity contribution in [3.05, 3.63) is 17.0 Å². The van der Waals surface area contributed by atoms with E-state index >= 15 is 0 Å². The summed E-state index contributed by atoms with van der Waals surface area (Å²) in [6.07, 6.45) is 2.52. The molecule has 0 amide bonds. The summed E-state index contributed by atoms with van der Waals surface area (Å²) >= 11 is 0. The van der Waals surface area contributed by atoms with Crippen molar-refractivity contribution in [3.8, 4) is 0 Å². The Bertz CT molecular complexity index is 567. The maximum Gasteiger partial charge on any atom is 0.191 e. The molecule has 2 unspecified atom stereocenters. The van der Waals surface area contributed by atoms with Gasteiger partial charge in [0, 0.05) is 51.5 Å². The summed E-state index contributed by atoms with van der Waals surface area (Å²) in [4.78, 5) is 6.94. The number of hydrogen-bond donors (Lipinski definition) is 2. The second kappa shape index (κ2) is 9.22. The molecule has 0 bridgehead atoms. The van der Waals surface area contributed by atoms with Crippen molar-refractivity contribution < 1.29 is 0 Å². The summed E-state index contributed by atoms with van der Waals surface area (Å²) < 4.78 is 1.93. The Balaban J connectivity index is 1.70. The molecule has 2 heterocycles. The van der Waals surface area contributed by atoms with Crippen molar-refractivity contribution in [3.63, 3.8) is 0 Å². The van der Waals surface area contributed by atoms with Crippen molar-refractivity contribution in [2.45, 2.75) is 47.1 Å². The minimum Gasteiger partial charge on any atom is -0.356 e. The summed E-state index contributed by atoms with van der Waals surface area (Å²) in [5.74, 6) is 2.53. The number of nitrogens with one attached hydrogen (secondary N) is 2. The maximum atomic E-state index is 4.46. The Morgan fingerprint density at radius 3 is 2.44 bits per heavy atom. The first-order valence-corrected chi connectivity index (χ1v) is 9.56. The standard InChI is InChI=1S/C19H36N6/c1-14-10-15(2)13-25(12-14)9-7-8-21-19(20-5)22-11-18-16(3)23-24(6)17(18)4/h14-15H,7-13H2,1-6H3,(H2,20,21,22). The molecular formula is C19H36N6. The first kappa shape index (κ1) is 19.8. The average Bonchev–Trinajstić information content (AvgIpc) is 2.79. The zero-order valence-corrected chi connectivity index (χ0v) is 16.9. The number of guanidine groups is 1. The Morgan fingerprint density at radius 2 is 1.88 bits per heavy atom. The van der Waals surface area contributed by atoms with Gasteiger partial charge in [-0.15, -0.1) is 0 Å². The van der Waals surface area contributed by atoms with E-state index < -0.39 is 0 Å². The lowest BCUT2D eigenvalue weighted by atomic mass is 9.92. The fraction of sp³-hybridized carbons (Fsp3) is 0.789. The third-order valence-corrected chi connectivity index (χ3v) is 5.20. The predicted octanol–water partition coefficient (Wildman–Crippen LogP) is 2.07. The lowest BCUT2D eigenvalue weighted by Gasteiger charge is -2.35. The van der Waals surface area contributed by atoms with Gasteiger partial charge in [-0.2, -0.15) is 5.10 Å². The number of aliphatic imine (C=N–C) groups is 1. The molecule has 6 heteroatoms. The largest absolute Gasteiger partial charge is 0.356 e. The molecule has 1 aliphatic heterocycles. The number of aryl methyl sites for hydroxylation is 2. The topological polar surface area (TPSA) is 57.5 Å². The zero-order valence-electron chi connectivity index (χ0n) is 16.9. The molecule has 2 N–H and O–H groups in total. The van der Waals surface area contributed by atoms with Gasteiger partial charge in [0.2, 0.25) is 0 Å². The van der Waals surface area contributed by atoms with Crippen LogP contribution in [0.5, 0.6) is 0 Å². The van der Waals surface area contributed by atoms with Gasteiger partial charge in [-0.3, -0.25) is 9.67 Å². The highest BCUT2D eigenvalue weighted by Gasteiger charge is 2.21. The number of likely N-dealkylation sites (tertiary alicyclic amines) is 1. The third-order valence-electron chi connectivity index (χ3n) is 5.20. The van der Waals surface area contributed by atoms with Gasteiger partial charge in [-0.1, -0.05) is 13.8 Å². The quantitative estimate of drug-likeness (QED) is 0.469. The van der Waals surface area contributed by atoms with Crippen LogP contribution in [0.2, 0.25) is 0 Å². The Hall–Kier alpha value is -1.56. The van der Waals surface area contributed by atoms with Crippen LogP contribution in [-0.4, -0.2) is 53.9 Å². The Morgan fingerprint density at radius 1 is 1.20 bits per heavy atom. The predicted molar refractivity (Wildman–Crippen MR) is 105 cm³/mol. The number of rotatable bonds is 6. The highest BCUT2D eigenvalue weighted by molar-refractivity contribution is 5.79. The van der Waals surface area contributed by atoms with Crippen LogP contribution in [0.1, 0.15) is 43.6 Å². The maximum absolute atomic E-state index is 4.46. The number of hydrogen-bond acceptors (Lipinski definition) is 3. The van der Waals surface area contributed by atoms with Crippen molar-refractivity contribution in [1.29, 1.82) is 0 Å². The van der Waals surface area contributed by atoms with Crippen molar-refractivity contribution >= 4 is 5.96 Å². The number of piperidine rings is 1. The van der Waals surface area contributed by atoms with E-state index in [0.29, 0.717) is 0 Å². The SMILES string of the molecule is CN=C(NCCCN1CC(C)CC(C)C1)NCc1c(C)nn(C)c1C. The third kappa shape index (κ3) is 5.73. The highest BCUT2D eigenvalue weighted by atomic mass is 15.3. The van der Waals surface area contributed by atoms with Crippen molar-refractivity contribution in [2.75, 3.05) is 33.2 Å². The van der Waals surface area contributed by atoms with Gasteiger partial charge in [0.05, 0.1) is 5.69 Å². The van der Waals surface area contributed by atoms with E-state index in [-0.39, 0.29) is 0 Å². The van der Waals surface area contributed by atoms with E-state index in [1.54, 1.807) is 0 Å². The average molecular weight is 349 g/mol. The van der Waals surface area contributed by atoms with Gasteiger partial charge in [-0.05, 0) is 45.1 Å². The second-order valence-electron chi connectivity index (χ2n) is 7.68. The molecule has 6 nitrogen and oxygen atoms in total. The van der Waals surface area contributed by atoms with E-state index in [0.717, 1.165) is 43.0 Å². The van der Waals surface area contributed by atoms with Gasteiger partial charge in [0.1, 0.15) is 0 Å². The van der Waals surface area contributed by atoms with Crippen LogP contribution >= 0.6 is 0 Å². The zero-order chi connectivity index (χ0) is 18.4. The van der Waals surface area contributed by atoms with E-state index in [9.17, 15) is 0 Å². The van der Waals surface area contributed by atoms with E-state index in [2.05, 4.69) is 53.3 Å². The molecule has 1 aliphatic rings. The minimum absolute atomic E-state index is 0.756. The Labute approximate surface area is 153 Å². The molecule has 1 saturated heterocycles. The van der Waals surface area contributed by atoms with E-state index in [1.165, 1.54) is 37.3 Å². The molecule has 1 aromatic heterocycles. The van der Waals surface area contributed by atoms with E-state index in [1.807, 2.05) is 18.8 Å². The fourth-order valence-electron chi connectivity index (χ4n) is 3.95.